The van der Waals surface area contributed by atoms with Gasteiger partial charge in [-0.2, -0.15) is 0 Å². The lowest BCUT2D eigenvalue weighted by Crippen LogP contribution is -2.52. The van der Waals surface area contributed by atoms with E-state index in [1.165, 1.54) is 32.4 Å². The van der Waals surface area contributed by atoms with Gasteiger partial charge in [-0.15, -0.1) is 0 Å². The number of rotatable bonds is 9. The van der Waals surface area contributed by atoms with Gasteiger partial charge in [0.2, 0.25) is 10.0 Å². The van der Waals surface area contributed by atoms with Gasteiger partial charge in [0.05, 0.1) is 5.75 Å². The van der Waals surface area contributed by atoms with E-state index in [0.29, 0.717) is 31.1 Å². The molecular weight excluding hydrogens is 478 g/mol. The Morgan fingerprint density at radius 1 is 1.00 bits per heavy atom. The predicted octanol–water partition coefficient (Wildman–Crippen LogP) is 2.52. The Morgan fingerprint density at radius 3 is 2.36 bits per heavy atom. The van der Waals surface area contributed by atoms with Crippen LogP contribution in [0.4, 0.5) is 0 Å². The van der Waals surface area contributed by atoms with Gasteiger partial charge in [-0.05, 0) is 83.0 Å². The average molecular weight is 522 g/mol. The first-order valence-corrected chi connectivity index (χ1v) is 15.7. The Labute approximate surface area is 216 Å². The fourth-order valence-corrected chi connectivity index (χ4v) is 8.00. The number of carbonyl (C=O) groups excluding carboxylic acids is 1. The van der Waals surface area contributed by atoms with Crippen molar-refractivity contribution in [1.82, 2.24) is 24.6 Å². The summed E-state index contributed by atoms with van der Waals surface area (Å²) in [5.41, 5.74) is 0.321. The summed E-state index contributed by atoms with van der Waals surface area (Å²) in [5.74, 6) is 1.51. The number of amides is 1. The first-order chi connectivity index (χ1) is 17.4. The molecule has 1 N–H and O–H groups in total. The number of nitrogens with zero attached hydrogens (tertiary/aromatic N) is 4. The molecule has 1 saturated carbocycles. The zero-order chi connectivity index (χ0) is 25.1. The molecule has 0 unspecified atom stereocenters. The Bertz CT molecular complexity index is 980. The van der Waals surface area contributed by atoms with Crippen LogP contribution in [-0.2, 0) is 10.0 Å². The van der Waals surface area contributed by atoms with Gasteiger partial charge in [-0.3, -0.25) is 4.79 Å². The minimum atomic E-state index is -3.30. The lowest BCUT2D eigenvalue weighted by Gasteiger charge is -2.38. The molecule has 4 aliphatic rings. The summed E-state index contributed by atoms with van der Waals surface area (Å²) in [6.07, 6.45) is 8.75. The van der Waals surface area contributed by atoms with Gasteiger partial charge in [0.1, 0.15) is 5.76 Å². The molecule has 2 atom stereocenters. The molecule has 36 heavy (non-hydrogen) atoms. The molecule has 1 aromatic rings. The van der Waals surface area contributed by atoms with Gasteiger partial charge < -0.3 is 19.6 Å². The van der Waals surface area contributed by atoms with Crippen molar-refractivity contribution in [2.24, 2.45) is 11.8 Å². The number of sulfonamides is 1. The Balaban J connectivity index is 1.04. The molecule has 4 heterocycles. The van der Waals surface area contributed by atoms with Crippen molar-refractivity contribution in [3.8, 4) is 0 Å². The van der Waals surface area contributed by atoms with Crippen LogP contribution in [0, 0.1) is 11.8 Å². The maximum Gasteiger partial charge on any atom is 0.273 e. The predicted molar refractivity (Wildman–Crippen MR) is 138 cm³/mol. The van der Waals surface area contributed by atoms with Gasteiger partial charge in [0.15, 0.2) is 5.69 Å². The van der Waals surface area contributed by atoms with E-state index in [9.17, 15) is 13.2 Å². The van der Waals surface area contributed by atoms with Crippen LogP contribution in [0.3, 0.4) is 0 Å². The standard InChI is InChI=1S/C26H43N5O4S/c1-20-18-31(14-9-23(20)27-26(32)24-17-25(35-28-24)22-5-6-22)36(33,34)19-21-7-12-30(13-8-21)16-15-29-10-3-2-4-11-29/h17,20-23H,2-16,18-19H2,1H3,(H,27,32)/t20-,23+/m0/s1. The quantitative estimate of drug-likeness (QED) is 0.533. The van der Waals surface area contributed by atoms with Gasteiger partial charge in [0.25, 0.3) is 5.91 Å². The van der Waals surface area contributed by atoms with E-state index in [0.717, 1.165) is 57.6 Å². The summed E-state index contributed by atoms with van der Waals surface area (Å²) in [5, 5.41) is 6.99. The third-order valence-corrected chi connectivity index (χ3v) is 10.7. The molecule has 0 aromatic carbocycles. The molecule has 1 amide bonds. The second kappa shape index (κ2) is 11.5. The number of hydrogen-bond donors (Lipinski definition) is 1. The van der Waals surface area contributed by atoms with E-state index in [-0.39, 0.29) is 29.5 Å². The number of nitrogens with one attached hydrogen (secondary N) is 1. The number of piperidine rings is 3. The Morgan fingerprint density at radius 2 is 1.69 bits per heavy atom. The molecule has 1 aliphatic carbocycles. The molecule has 4 fully saturated rings. The molecule has 0 radical (unpaired) electrons. The highest BCUT2D eigenvalue weighted by molar-refractivity contribution is 7.89. The lowest BCUT2D eigenvalue weighted by molar-refractivity contribution is 0.0891. The summed E-state index contributed by atoms with van der Waals surface area (Å²) in [4.78, 5) is 17.7. The van der Waals surface area contributed by atoms with Crippen LogP contribution >= 0.6 is 0 Å². The topological polar surface area (TPSA) is 99.0 Å². The summed E-state index contributed by atoms with van der Waals surface area (Å²) in [6.45, 7) is 9.64. The first kappa shape index (κ1) is 26.1. The van der Waals surface area contributed by atoms with E-state index in [2.05, 4.69) is 20.3 Å². The number of hydrogen-bond acceptors (Lipinski definition) is 7. The fourth-order valence-electron chi connectivity index (χ4n) is 6.02. The van der Waals surface area contributed by atoms with E-state index in [4.69, 9.17) is 4.52 Å². The molecule has 3 saturated heterocycles. The van der Waals surface area contributed by atoms with Gasteiger partial charge >= 0.3 is 0 Å². The van der Waals surface area contributed by atoms with Crippen molar-refractivity contribution < 1.29 is 17.7 Å². The second-order valence-electron chi connectivity index (χ2n) is 11.6. The SMILES string of the molecule is C[C@H]1CN(S(=O)(=O)CC2CCN(CCN3CCCCC3)CC2)CC[C@H]1NC(=O)c1cc(C2CC2)on1. The zero-order valence-electron chi connectivity index (χ0n) is 21.7. The fraction of sp³-hybridized carbons (Fsp3) is 0.846. The van der Waals surface area contributed by atoms with Gasteiger partial charge in [-0.25, -0.2) is 12.7 Å². The van der Waals surface area contributed by atoms with Crippen LogP contribution in [0.1, 0.15) is 80.5 Å². The number of likely N-dealkylation sites (tertiary alicyclic amines) is 2. The normalized spacial score (nSPS) is 27.8. The highest BCUT2D eigenvalue weighted by atomic mass is 32.2. The molecule has 9 nitrogen and oxygen atoms in total. The minimum Gasteiger partial charge on any atom is -0.360 e. The molecule has 0 spiro atoms. The van der Waals surface area contributed by atoms with Crippen molar-refractivity contribution in [2.75, 3.05) is 58.1 Å². The maximum absolute atomic E-state index is 13.2. The second-order valence-corrected chi connectivity index (χ2v) is 13.6. The highest BCUT2D eigenvalue weighted by Gasteiger charge is 2.36. The molecule has 1 aromatic heterocycles. The van der Waals surface area contributed by atoms with Crippen LogP contribution in [0.2, 0.25) is 0 Å². The maximum atomic E-state index is 13.2. The third kappa shape index (κ3) is 6.68. The van der Waals surface area contributed by atoms with Crippen molar-refractivity contribution in [2.45, 2.75) is 70.3 Å². The molecule has 3 aliphatic heterocycles. The summed E-state index contributed by atoms with van der Waals surface area (Å²) in [7, 11) is -3.30. The van der Waals surface area contributed by atoms with Crippen molar-refractivity contribution in [1.29, 1.82) is 0 Å². The van der Waals surface area contributed by atoms with E-state index in [1.807, 2.05) is 6.92 Å². The van der Waals surface area contributed by atoms with Crippen LogP contribution in [0.15, 0.2) is 10.6 Å². The summed E-state index contributed by atoms with van der Waals surface area (Å²) in [6, 6.07) is 1.68. The van der Waals surface area contributed by atoms with Gasteiger partial charge in [0, 0.05) is 44.2 Å². The Hall–Kier alpha value is -1.49. The first-order valence-electron chi connectivity index (χ1n) is 14.1. The van der Waals surface area contributed by atoms with E-state index >= 15 is 0 Å². The number of aromatic nitrogens is 1. The molecule has 202 valence electrons. The highest BCUT2D eigenvalue weighted by Crippen LogP contribution is 2.40. The molecule has 5 rings (SSSR count). The van der Waals surface area contributed by atoms with Crippen molar-refractivity contribution >= 4 is 15.9 Å². The lowest BCUT2D eigenvalue weighted by atomic mass is 9.95. The van der Waals surface area contributed by atoms with Crippen molar-refractivity contribution in [3.63, 3.8) is 0 Å². The Kier molecular flexibility index (Phi) is 8.34. The van der Waals surface area contributed by atoms with Crippen LogP contribution in [0.25, 0.3) is 0 Å². The molecule has 0 bridgehead atoms. The number of carbonyl (C=O) groups is 1. The summed E-state index contributed by atoms with van der Waals surface area (Å²) < 4.78 is 33.4. The molecule has 10 heteroatoms. The average Bonchev–Trinajstić information content (AvgIpc) is 3.61. The minimum absolute atomic E-state index is 0.0453. The van der Waals surface area contributed by atoms with Crippen LogP contribution in [-0.4, -0.2) is 97.7 Å². The zero-order valence-corrected chi connectivity index (χ0v) is 22.6. The van der Waals surface area contributed by atoms with Crippen LogP contribution in [0.5, 0.6) is 0 Å². The summed E-state index contributed by atoms with van der Waals surface area (Å²) >= 11 is 0. The smallest absolute Gasteiger partial charge is 0.273 e. The van der Waals surface area contributed by atoms with Crippen molar-refractivity contribution in [3.05, 3.63) is 17.5 Å². The third-order valence-electron chi connectivity index (χ3n) is 8.65. The van der Waals surface area contributed by atoms with Crippen LogP contribution < -0.4 is 5.32 Å². The van der Waals surface area contributed by atoms with E-state index < -0.39 is 10.0 Å². The molecular formula is C26H43N5O4S. The monoisotopic (exact) mass is 521 g/mol. The largest absolute Gasteiger partial charge is 0.360 e. The van der Waals surface area contributed by atoms with Gasteiger partial charge in [-0.1, -0.05) is 18.5 Å². The van der Waals surface area contributed by atoms with E-state index in [1.54, 1.807) is 10.4 Å².